The Bertz CT molecular complexity index is 804. The van der Waals surface area contributed by atoms with Gasteiger partial charge in [-0.15, -0.1) is 12.4 Å². The molecule has 0 aliphatic heterocycles. The number of carbonyl (C=O) groups is 1. The quantitative estimate of drug-likeness (QED) is 0.715. The van der Waals surface area contributed by atoms with Gasteiger partial charge in [-0.2, -0.15) is 0 Å². The van der Waals surface area contributed by atoms with Gasteiger partial charge in [0.25, 0.3) is 0 Å². The first-order valence-corrected chi connectivity index (χ1v) is 11.0. The maximum absolute atomic E-state index is 12.6. The lowest BCUT2D eigenvalue weighted by Crippen LogP contribution is -2.27. The van der Waals surface area contributed by atoms with Crippen LogP contribution in [0.15, 0.2) is 48.5 Å². The van der Waals surface area contributed by atoms with Crippen LogP contribution in [0.3, 0.4) is 0 Å². The van der Waals surface area contributed by atoms with Crippen molar-refractivity contribution in [3.63, 3.8) is 0 Å². The summed E-state index contributed by atoms with van der Waals surface area (Å²) < 4.78 is 12.6. The van der Waals surface area contributed by atoms with E-state index in [-0.39, 0.29) is 18.3 Å². The van der Waals surface area contributed by atoms with Crippen LogP contribution in [0.4, 0.5) is 5.69 Å². The zero-order valence-corrected chi connectivity index (χ0v) is 17.9. The third-order valence-electron chi connectivity index (χ3n) is 5.15. The van der Waals surface area contributed by atoms with Crippen LogP contribution in [0.1, 0.15) is 54.8 Å². The Morgan fingerprint density at radius 3 is 2.50 bits per heavy atom. The summed E-state index contributed by atoms with van der Waals surface area (Å²) in [6, 6.07) is 14.5. The van der Waals surface area contributed by atoms with Crippen molar-refractivity contribution < 1.29 is 9.00 Å². The average Bonchev–Trinajstić information content (AvgIpc) is 2.69. The predicted molar refractivity (Wildman–Crippen MR) is 119 cm³/mol. The first kappa shape index (κ1) is 22.6. The van der Waals surface area contributed by atoms with Crippen molar-refractivity contribution in [3.05, 3.63) is 65.2 Å². The smallest absolute Gasteiger partial charge is 0.245 e. The van der Waals surface area contributed by atoms with Crippen molar-refractivity contribution >= 4 is 34.8 Å². The molecule has 1 amide bonds. The summed E-state index contributed by atoms with van der Waals surface area (Å²) >= 11 is 0. The molecule has 28 heavy (non-hydrogen) atoms. The van der Waals surface area contributed by atoms with E-state index in [1.54, 1.807) is 0 Å². The Morgan fingerprint density at radius 2 is 1.82 bits per heavy atom. The highest BCUT2D eigenvalue weighted by molar-refractivity contribution is 7.84. The van der Waals surface area contributed by atoms with Crippen molar-refractivity contribution in [2.24, 2.45) is 5.73 Å². The van der Waals surface area contributed by atoms with E-state index in [1.807, 2.05) is 55.5 Å². The van der Waals surface area contributed by atoms with Crippen molar-refractivity contribution in [2.75, 3.05) is 5.32 Å². The van der Waals surface area contributed by atoms with Gasteiger partial charge in [-0.3, -0.25) is 9.00 Å². The van der Waals surface area contributed by atoms with Crippen molar-refractivity contribution in [3.8, 4) is 0 Å². The number of nitrogens with two attached hydrogens (primary N) is 1. The summed E-state index contributed by atoms with van der Waals surface area (Å²) in [5.41, 5.74) is 9.69. The minimum absolute atomic E-state index is 0. The normalized spacial score (nSPS) is 16.6. The van der Waals surface area contributed by atoms with Gasteiger partial charge in [0.05, 0.1) is 0 Å². The lowest BCUT2D eigenvalue weighted by Gasteiger charge is -2.21. The molecule has 0 heterocycles. The van der Waals surface area contributed by atoms with E-state index in [0.29, 0.717) is 16.7 Å². The van der Waals surface area contributed by atoms with Gasteiger partial charge in [0.15, 0.2) is 0 Å². The third-order valence-corrected chi connectivity index (χ3v) is 6.98. The van der Waals surface area contributed by atoms with Crippen LogP contribution in [0.5, 0.6) is 0 Å². The van der Waals surface area contributed by atoms with Crippen LogP contribution < -0.4 is 11.1 Å². The van der Waals surface area contributed by atoms with E-state index < -0.39 is 16.8 Å². The van der Waals surface area contributed by atoms with E-state index in [2.05, 4.69) is 5.32 Å². The lowest BCUT2D eigenvalue weighted by molar-refractivity contribution is -0.117. The molecule has 1 aliphatic rings. The number of aryl methyl sites for hydroxylation is 1. The molecule has 2 aromatic rings. The molecule has 0 bridgehead atoms. The number of halogens is 1. The molecule has 2 atom stereocenters. The van der Waals surface area contributed by atoms with Crippen LogP contribution in [-0.4, -0.2) is 15.4 Å². The SMILES string of the molecule is Cc1ccc(C(N)C(=O)Nc2cccc(CS(=O)C3CCCCC3)c2)cc1.Cl. The topological polar surface area (TPSA) is 72.2 Å². The molecule has 152 valence electrons. The maximum Gasteiger partial charge on any atom is 0.245 e. The molecule has 0 radical (unpaired) electrons. The number of hydrogen-bond acceptors (Lipinski definition) is 3. The zero-order valence-electron chi connectivity index (χ0n) is 16.2. The summed E-state index contributed by atoms with van der Waals surface area (Å²) in [5, 5.41) is 3.20. The molecule has 3 N–H and O–H groups in total. The van der Waals surface area contributed by atoms with Gasteiger partial charge in [0, 0.05) is 27.5 Å². The number of carbonyl (C=O) groups excluding carboxylic acids is 1. The second-order valence-corrected chi connectivity index (χ2v) is 9.08. The third kappa shape index (κ3) is 6.16. The standard InChI is InChI=1S/C22H28N2O2S.ClH/c1-16-10-12-18(13-11-16)21(23)22(25)24-19-7-5-6-17(14-19)15-27(26)20-8-3-2-4-9-20;/h5-7,10-14,20-21H,2-4,8-9,15,23H2,1H3,(H,24,25);1H. The van der Waals surface area contributed by atoms with Crippen molar-refractivity contribution in [2.45, 2.75) is 56.1 Å². The number of nitrogens with one attached hydrogen (secondary N) is 1. The number of anilines is 1. The van der Waals surface area contributed by atoms with Crippen LogP contribution in [0, 0.1) is 6.92 Å². The molecular formula is C22H29ClN2O2S. The predicted octanol–water partition coefficient (Wildman–Crippen LogP) is 4.64. The largest absolute Gasteiger partial charge is 0.324 e. The van der Waals surface area contributed by atoms with Crippen molar-refractivity contribution in [1.29, 1.82) is 0 Å². The molecule has 6 heteroatoms. The van der Waals surface area contributed by atoms with Gasteiger partial charge >= 0.3 is 0 Å². The van der Waals surface area contributed by atoms with Gasteiger partial charge < -0.3 is 11.1 Å². The monoisotopic (exact) mass is 420 g/mol. The molecule has 2 unspecified atom stereocenters. The van der Waals surface area contributed by atoms with Crippen LogP contribution in [0.25, 0.3) is 0 Å². The van der Waals surface area contributed by atoms with E-state index in [9.17, 15) is 9.00 Å². The van der Waals surface area contributed by atoms with Gasteiger partial charge in [0.1, 0.15) is 6.04 Å². The zero-order chi connectivity index (χ0) is 19.2. The number of hydrogen-bond donors (Lipinski definition) is 2. The summed E-state index contributed by atoms with van der Waals surface area (Å²) in [6.45, 7) is 2.00. The fourth-order valence-electron chi connectivity index (χ4n) is 3.49. The molecule has 0 saturated heterocycles. The van der Waals surface area contributed by atoms with E-state index >= 15 is 0 Å². The Balaban J connectivity index is 0.00000280. The van der Waals surface area contributed by atoms with Gasteiger partial charge in [0.2, 0.25) is 5.91 Å². The molecule has 0 spiro atoms. The molecule has 1 saturated carbocycles. The van der Waals surface area contributed by atoms with Crippen LogP contribution in [0.2, 0.25) is 0 Å². The summed E-state index contributed by atoms with van der Waals surface area (Å²) in [6.07, 6.45) is 5.76. The molecular weight excluding hydrogens is 392 g/mol. The van der Waals surface area contributed by atoms with E-state index in [1.165, 1.54) is 19.3 Å². The molecule has 0 aromatic heterocycles. The first-order valence-electron chi connectivity index (χ1n) is 9.62. The number of benzene rings is 2. The second kappa shape index (κ2) is 10.7. The Morgan fingerprint density at radius 1 is 1.14 bits per heavy atom. The van der Waals surface area contributed by atoms with Gasteiger partial charge in [-0.1, -0.05) is 61.2 Å². The van der Waals surface area contributed by atoms with Crippen LogP contribution in [-0.2, 0) is 21.3 Å². The summed E-state index contributed by atoms with van der Waals surface area (Å²) in [7, 11) is -0.857. The minimum Gasteiger partial charge on any atom is -0.324 e. The van der Waals surface area contributed by atoms with Crippen molar-refractivity contribution in [1.82, 2.24) is 0 Å². The van der Waals surface area contributed by atoms with E-state index in [4.69, 9.17) is 5.73 Å². The highest BCUT2D eigenvalue weighted by Crippen LogP contribution is 2.24. The maximum atomic E-state index is 12.6. The number of amides is 1. The highest BCUT2D eigenvalue weighted by atomic mass is 35.5. The first-order chi connectivity index (χ1) is 13.0. The molecule has 1 aliphatic carbocycles. The molecule has 2 aromatic carbocycles. The highest BCUT2D eigenvalue weighted by Gasteiger charge is 2.20. The second-order valence-electron chi connectivity index (χ2n) is 7.36. The minimum atomic E-state index is -0.857. The lowest BCUT2D eigenvalue weighted by atomic mass is 10.0. The summed E-state index contributed by atoms with van der Waals surface area (Å²) in [5.74, 6) is 0.294. The Kier molecular flexibility index (Phi) is 8.67. The Labute approximate surface area is 176 Å². The van der Waals surface area contributed by atoms with Crippen LogP contribution >= 0.6 is 12.4 Å². The molecule has 4 nitrogen and oxygen atoms in total. The van der Waals surface area contributed by atoms with Gasteiger partial charge in [-0.25, -0.2) is 0 Å². The molecule has 1 fully saturated rings. The van der Waals surface area contributed by atoms with Gasteiger partial charge in [-0.05, 0) is 43.0 Å². The Hall–Kier alpha value is -1.69. The number of rotatable bonds is 6. The fraction of sp³-hybridized carbons (Fsp3) is 0.409. The molecule has 3 rings (SSSR count). The fourth-order valence-corrected chi connectivity index (χ4v) is 5.10. The van der Waals surface area contributed by atoms with E-state index in [0.717, 1.165) is 29.5 Å². The average molecular weight is 421 g/mol. The summed E-state index contributed by atoms with van der Waals surface area (Å²) in [4.78, 5) is 12.5.